The zero-order valence-electron chi connectivity index (χ0n) is 20.0. The predicted octanol–water partition coefficient (Wildman–Crippen LogP) is 4.41. The molecule has 4 aliphatic rings. The first-order valence-corrected chi connectivity index (χ1v) is 12.9. The molecule has 3 aliphatic carbocycles. The van der Waals surface area contributed by atoms with Crippen molar-refractivity contribution in [3.8, 4) is 5.75 Å². The van der Waals surface area contributed by atoms with Crippen LogP contribution in [0.15, 0.2) is 75.8 Å². The van der Waals surface area contributed by atoms with Crippen molar-refractivity contribution in [2.24, 2.45) is 17.8 Å². The van der Waals surface area contributed by atoms with Gasteiger partial charge in [-0.05, 0) is 52.9 Å². The van der Waals surface area contributed by atoms with Gasteiger partial charge in [0.2, 0.25) is 11.8 Å². The number of hydrogen-bond acceptors (Lipinski definition) is 7. The van der Waals surface area contributed by atoms with Gasteiger partial charge in [0.25, 0.3) is 5.69 Å². The highest BCUT2D eigenvalue weighted by Gasteiger charge is 2.57. The average molecular weight is 593 g/mol. The quantitative estimate of drug-likeness (QED) is 0.183. The number of nitrogens with zero attached hydrogens (tertiary/aromatic N) is 2. The summed E-state index contributed by atoms with van der Waals surface area (Å²) in [5.74, 6) is -6.75. The second-order valence-electron chi connectivity index (χ2n) is 9.86. The van der Waals surface area contributed by atoms with E-state index in [-0.39, 0.29) is 45.4 Å². The number of anilines is 1. The molecular formula is C28H18BrFN2O7. The number of amides is 2. The van der Waals surface area contributed by atoms with Crippen LogP contribution in [0.1, 0.15) is 24.3 Å². The Hall–Kier alpha value is -4.25. The highest BCUT2D eigenvalue weighted by Crippen LogP contribution is 2.56. The van der Waals surface area contributed by atoms with E-state index >= 15 is 0 Å². The molecule has 2 aromatic carbocycles. The number of rotatable bonds is 3. The molecule has 11 heteroatoms. The van der Waals surface area contributed by atoms with Gasteiger partial charge in [0.15, 0.2) is 23.1 Å². The number of imide groups is 1. The van der Waals surface area contributed by atoms with Crippen molar-refractivity contribution in [2.75, 3.05) is 4.90 Å². The van der Waals surface area contributed by atoms with Crippen LogP contribution in [0.2, 0.25) is 0 Å². The maximum atomic E-state index is 14.5. The molecule has 1 N–H and O–H groups in total. The number of para-hydroxylation sites is 1. The number of carbonyl (C=O) groups is 4. The fourth-order valence-corrected chi connectivity index (χ4v) is 6.75. The van der Waals surface area contributed by atoms with Crippen LogP contribution in [0.3, 0.4) is 0 Å². The van der Waals surface area contributed by atoms with Crippen molar-refractivity contribution in [3.63, 3.8) is 0 Å². The summed E-state index contributed by atoms with van der Waals surface area (Å²) in [5.41, 5.74) is 0.927. The molecule has 6 rings (SSSR count). The van der Waals surface area contributed by atoms with Gasteiger partial charge in [0.1, 0.15) is 0 Å². The number of nitro groups is 1. The Morgan fingerprint density at radius 2 is 1.74 bits per heavy atom. The maximum Gasteiger partial charge on any atom is 0.269 e. The number of hydrogen-bond donors (Lipinski definition) is 1. The lowest BCUT2D eigenvalue weighted by Gasteiger charge is -2.42. The average Bonchev–Trinajstić information content (AvgIpc) is 3.17. The van der Waals surface area contributed by atoms with Crippen molar-refractivity contribution in [1.82, 2.24) is 0 Å². The van der Waals surface area contributed by atoms with E-state index in [2.05, 4.69) is 15.9 Å². The number of non-ortho nitro benzene ring substituents is 1. The van der Waals surface area contributed by atoms with Crippen molar-refractivity contribution in [1.29, 1.82) is 0 Å². The summed E-state index contributed by atoms with van der Waals surface area (Å²) in [6.07, 6.45) is 3.06. The zero-order valence-corrected chi connectivity index (χ0v) is 21.6. The molecule has 1 saturated heterocycles. The number of Topliss-reactive ketones (excluding diaryl/α,β-unsaturated/α-hetero) is 1. The molecule has 2 amide bonds. The third-order valence-electron chi connectivity index (χ3n) is 7.98. The molecule has 1 heterocycles. The lowest BCUT2D eigenvalue weighted by atomic mass is 9.59. The van der Waals surface area contributed by atoms with E-state index in [1.807, 2.05) is 0 Å². The second kappa shape index (κ2) is 8.91. The number of phenolic OH excluding ortho intramolecular Hbond substituents is 1. The molecule has 0 spiro atoms. The summed E-state index contributed by atoms with van der Waals surface area (Å²) >= 11 is 3.14. The van der Waals surface area contributed by atoms with Gasteiger partial charge in [-0.15, -0.1) is 0 Å². The minimum Gasteiger partial charge on any atom is -0.505 e. The van der Waals surface area contributed by atoms with Gasteiger partial charge in [-0.1, -0.05) is 23.8 Å². The van der Waals surface area contributed by atoms with Crippen molar-refractivity contribution in [3.05, 3.63) is 97.3 Å². The van der Waals surface area contributed by atoms with Crippen molar-refractivity contribution in [2.45, 2.75) is 18.8 Å². The minimum atomic E-state index is -0.986. The topological polar surface area (TPSA) is 135 Å². The molecular weight excluding hydrogens is 575 g/mol. The van der Waals surface area contributed by atoms with Gasteiger partial charge in [-0.3, -0.25) is 34.2 Å². The third kappa shape index (κ3) is 3.63. The standard InChI is InChI=1S/C28H18BrFN2O7/c29-19-11-21(33)24-18(25(19)34)10-17-14(22(24)15-2-1-3-20(30)26(15)35)8-9-16-23(17)28(37)31(27(16)36)12-4-6-13(7-5-12)32(38)39/h1-8,11,16-17,22-23,35H,9-10H2. The normalized spacial score (nSPS) is 26.2. The van der Waals surface area contributed by atoms with E-state index in [0.717, 1.165) is 17.0 Å². The summed E-state index contributed by atoms with van der Waals surface area (Å²) in [6.45, 7) is 0. The van der Waals surface area contributed by atoms with E-state index in [1.165, 1.54) is 36.4 Å². The lowest BCUT2D eigenvalue weighted by molar-refractivity contribution is -0.384. The van der Waals surface area contributed by atoms with Crippen LogP contribution in [0.25, 0.3) is 0 Å². The van der Waals surface area contributed by atoms with E-state index < -0.39 is 63.5 Å². The molecule has 1 aliphatic heterocycles. The number of ketones is 2. The molecule has 2 aromatic rings. The van der Waals surface area contributed by atoms with Gasteiger partial charge < -0.3 is 5.11 Å². The lowest BCUT2D eigenvalue weighted by Crippen LogP contribution is -2.39. The summed E-state index contributed by atoms with van der Waals surface area (Å²) < 4.78 is 14.5. The number of halogens is 2. The number of nitro benzene ring substituents is 1. The fourth-order valence-electron chi connectivity index (χ4n) is 6.30. The molecule has 39 heavy (non-hydrogen) atoms. The van der Waals surface area contributed by atoms with Gasteiger partial charge >= 0.3 is 0 Å². The monoisotopic (exact) mass is 592 g/mol. The first kappa shape index (κ1) is 25.1. The van der Waals surface area contributed by atoms with Gasteiger partial charge in [-0.2, -0.15) is 0 Å². The Morgan fingerprint density at radius 3 is 2.44 bits per heavy atom. The van der Waals surface area contributed by atoms with Crippen molar-refractivity contribution < 1.29 is 33.6 Å². The van der Waals surface area contributed by atoms with Crippen molar-refractivity contribution >= 4 is 50.7 Å². The molecule has 196 valence electrons. The Morgan fingerprint density at radius 1 is 1.03 bits per heavy atom. The van der Waals surface area contributed by atoms with Crippen LogP contribution in [0, 0.1) is 33.7 Å². The molecule has 4 atom stereocenters. The molecule has 9 nitrogen and oxygen atoms in total. The molecule has 1 fully saturated rings. The van der Waals surface area contributed by atoms with E-state index in [0.29, 0.717) is 5.57 Å². The maximum absolute atomic E-state index is 14.5. The van der Waals surface area contributed by atoms with E-state index in [9.17, 15) is 38.8 Å². The number of aromatic hydroxyl groups is 1. The fraction of sp³-hybridized carbons (Fsp3) is 0.214. The summed E-state index contributed by atoms with van der Waals surface area (Å²) in [7, 11) is 0. The number of benzene rings is 2. The number of allylic oxidation sites excluding steroid dienone is 6. The van der Waals surface area contributed by atoms with Crippen LogP contribution in [0.4, 0.5) is 15.8 Å². The van der Waals surface area contributed by atoms with Crippen LogP contribution >= 0.6 is 15.9 Å². The zero-order chi connectivity index (χ0) is 27.7. The van der Waals surface area contributed by atoms with E-state index in [4.69, 9.17) is 0 Å². The smallest absolute Gasteiger partial charge is 0.269 e. The largest absolute Gasteiger partial charge is 0.505 e. The van der Waals surface area contributed by atoms with Gasteiger partial charge in [0, 0.05) is 40.8 Å². The summed E-state index contributed by atoms with van der Waals surface area (Å²) in [6, 6.07) is 9.02. The van der Waals surface area contributed by atoms with Gasteiger partial charge in [-0.25, -0.2) is 4.39 Å². The van der Waals surface area contributed by atoms with Crippen LogP contribution in [-0.2, 0) is 19.2 Å². The minimum absolute atomic E-state index is 0.00947. The Kier molecular flexibility index (Phi) is 5.72. The Labute approximate surface area is 228 Å². The highest BCUT2D eigenvalue weighted by atomic mass is 79.9. The first-order chi connectivity index (χ1) is 18.6. The first-order valence-electron chi connectivity index (χ1n) is 12.1. The molecule has 0 aromatic heterocycles. The van der Waals surface area contributed by atoms with Crippen LogP contribution in [-0.4, -0.2) is 33.4 Å². The molecule has 4 unspecified atom stereocenters. The number of fused-ring (bicyclic) bond motifs is 3. The molecule has 0 radical (unpaired) electrons. The number of carbonyl (C=O) groups excluding carboxylic acids is 4. The molecule has 0 saturated carbocycles. The van der Waals surface area contributed by atoms with Crippen LogP contribution < -0.4 is 4.90 Å². The highest BCUT2D eigenvalue weighted by molar-refractivity contribution is 9.12. The SMILES string of the molecule is O=C1C=C(Br)C(=O)C2=C1C(c1cccc(F)c1O)C1=CCC3C(=O)N(c4ccc([N+](=O)[O-])cc4)C(=O)C3C1C2. The Bertz CT molecular complexity index is 1620. The molecule has 0 bridgehead atoms. The van der Waals surface area contributed by atoms with E-state index in [1.54, 1.807) is 6.08 Å². The predicted molar refractivity (Wildman–Crippen MR) is 138 cm³/mol. The Balaban J connectivity index is 1.47. The van der Waals surface area contributed by atoms with Gasteiger partial charge in [0.05, 0.1) is 26.9 Å². The second-order valence-corrected chi connectivity index (χ2v) is 10.7. The third-order valence-corrected chi connectivity index (χ3v) is 8.57. The summed E-state index contributed by atoms with van der Waals surface area (Å²) in [4.78, 5) is 65.2. The summed E-state index contributed by atoms with van der Waals surface area (Å²) in [5, 5.41) is 21.7. The van der Waals surface area contributed by atoms with Crippen LogP contribution in [0.5, 0.6) is 5.75 Å². The number of phenols is 1.